The number of amides is 2. The molecule has 0 saturated carbocycles. The van der Waals surface area contributed by atoms with Crippen molar-refractivity contribution in [1.82, 2.24) is 14.9 Å². The molecule has 246 valence electrons. The summed E-state index contributed by atoms with van der Waals surface area (Å²) in [6.45, 7) is -0.0564. The Kier molecular flexibility index (Phi) is 10.5. The summed E-state index contributed by atoms with van der Waals surface area (Å²) < 4.78 is 39.0. The van der Waals surface area contributed by atoms with Gasteiger partial charge >= 0.3 is 5.69 Å². The molecule has 0 aliphatic carbocycles. The first-order valence-corrected chi connectivity index (χ1v) is 13.4. The first-order valence-electron chi connectivity index (χ1n) is 13.4. The minimum absolute atomic E-state index is 0.0564. The molecule has 4 rings (SSSR count). The zero-order valence-corrected chi connectivity index (χ0v) is 24.6. The summed E-state index contributed by atoms with van der Waals surface area (Å²) in [5, 5.41) is 34.5. The van der Waals surface area contributed by atoms with Crippen LogP contribution in [0.25, 0.3) is 0 Å². The van der Waals surface area contributed by atoms with Gasteiger partial charge in [0.25, 0.3) is 11.5 Å². The number of benzene rings is 1. The second kappa shape index (κ2) is 14.1. The molecule has 1 aromatic heterocycles. The van der Waals surface area contributed by atoms with Crippen molar-refractivity contribution in [3.05, 3.63) is 62.6 Å². The molecule has 1 aromatic carbocycles. The quantitative estimate of drug-likeness (QED) is 0.135. The number of nitrogens with zero attached hydrogens (tertiary/aromatic N) is 1. The van der Waals surface area contributed by atoms with Crippen molar-refractivity contribution in [3.8, 4) is 17.2 Å². The van der Waals surface area contributed by atoms with Gasteiger partial charge in [-0.15, -0.1) is 0 Å². The number of aliphatic hydroxyl groups is 3. The number of carbonyl (C=O) groups is 2. The zero-order chi connectivity index (χ0) is 33.0. The molecule has 2 amide bonds. The van der Waals surface area contributed by atoms with Gasteiger partial charge < -0.3 is 59.5 Å². The van der Waals surface area contributed by atoms with Gasteiger partial charge in [-0.1, -0.05) is 0 Å². The summed E-state index contributed by atoms with van der Waals surface area (Å²) in [5.41, 5.74) is 4.50. The van der Waals surface area contributed by atoms with Crippen LogP contribution >= 0.6 is 0 Å². The van der Waals surface area contributed by atoms with Gasteiger partial charge in [-0.25, -0.2) is 4.79 Å². The van der Waals surface area contributed by atoms with Crippen LogP contribution in [0.2, 0.25) is 0 Å². The topological polar surface area (TPSA) is 252 Å². The Bertz CT molecular complexity index is 1510. The highest BCUT2D eigenvalue weighted by molar-refractivity contribution is 5.91. The number of methoxy groups -OCH3 is 4. The molecular weight excluding hydrogens is 604 g/mol. The maximum atomic E-state index is 13.0. The second-order valence-electron chi connectivity index (χ2n) is 9.87. The molecule has 8 atom stereocenters. The lowest BCUT2D eigenvalue weighted by Crippen LogP contribution is -2.54. The summed E-state index contributed by atoms with van der Waals surface area (Å²) in [7, 11) is 5.50. The third kappa shape index (κ3) is 6.95. The van der Waals surface area contributed by atoms with E-state index in [2.05, 4.69) is 5.32 Å². The first-order chi connectivity index (χ1) is 21.4. The average molecular weight is 639 g/mol. The van der Waals surface area contributed by atoms with Crippen molar-refractivity contribution in [2.45, 2.75) is 55.7 Å². The van der Waals surface area contributed by atoms with Crippen LogP contribution in [-0.4, -0.2) is 108 Å². The van der Waals surface area contributed by atoms with E-state index < -0.39 is 78.0 Å². The molecule has 0 radical (unpaired) electrons. The maximum Gasteiger partial charge on any atom is 0.330 e. The Labute approximate surface area is 254 Å². The highest BCUT2D eigenvalue weighted by Gasteiger charge is 2.52. The van der Waals surface area contributed by atoms with Crippen LogP contribution in [0.3, 0.4) is 0 Å². The molecule has 2 aromatic rings. The zero-order valence-electron chi connectivity index (χ0n) is 24.6. The monoisotopic (exact) mass is 638 g/mol. The number of nitrogens with one attached hydrogen (secondary N) is 2. The van der Waals surface area contributed by atoms with Crippen molar-refractivity contribution in [2.24, 2.45) is 5.73 Å². The summed E-state index contributed by atoms with van der Waals surface area (Å²) in [4.78, 5) is 51.4. The highest BCUT2D eigenvalue weighted by atomic mass is 16.7. The third-order valence-corrected chi connectivity index (χ3v) is 7.10. The van der Waals surface area contributed by atoms with Gasteiger partial charge in [-0.2, -0.15) is 0 Å². The number of carbonyl (C=O) groups excluding carboxylic acids is 2. The molecule has 18 heteroatoms. The summed E-state index contributed by atoms with van der Waals surface area (Å²) in [5.74, 6) is -1.39. The van der Waals surface area contributed by atoms with E-state index >= 15 is 0 Å². The molecular formula is C27H34N4O14. The van der Waals surface area contributed by atoms with Gasteiger partial charge in [0.05, 0.1) is 21.3 Å². The lowest BCUT2D eigenvalue weighted by molar-refractivity contribution is -0.241. The first kappa shape index (κ1) is 33.4. The van der Waals surface area contributed by atoms with Gasteiger partial charge in [-0.05, 0) is 23.8 Å². The fourth-order valence-electron chi connectivity index (χ4n) is 4.89. The normalized spacial score (nSPS) is 26.7. The summed E-state index contributed by atoms with van der Waals surface area (Å²) >= 11 is 0. The SMILES string of the molecule is COc1cc(CNC(=O)C2=C[C@H](O)[C@H](O)[C@@H](O[C@@H](C(N)=O)[C@H]3O[C@@H](n4ccc(=O)[nH]c4=O)[C@H](O)[C@@H]3OC)O2)cc(OC)c1OC. The van der Waals surface area contributed by atoms with Gasteiger partial charge in [0.2, 0.25) is 17.9 Å². The van der Waals surface area contributed by atoms with Crippen LogP contribution in [0.5, 0.6) is 17.2 Å². The number of H-pyrrole nitrogens is 1. The van der Waals surface area contributed by atoms with E-state index in [0.29, 0.717) is 22.8 Å². The maximum absolute atomic E-state index is 13.0. The minimum Gasteiger partial charge on any atom is -0.493 e. The van der Waals surface area contributed by atoms with E-state index in [1.807, 2.05) is 4.98 Å². The van der Waals surface area contributed by atoms with E-state index in [1.165, 1.54) is 28.4 Å². The molecule has 45 heavy (non-hydrogen) atoms. The van der Waals surface area contributed by atoms with E-state index in [9.17, 15) is 34.5 Å². The molecule has 0 spiro atoms. The number of rotatable bonds is 12. The number of aromatic amines is 1. The van der Waals surface area contributed by atoms with Crippen LogP contribution in [0.15, 0.2) is 45.8 Å². The number of hydrogen-bond acceptors (Lipinski definition) is 14. The lowest BCUT2D eigenvalue weighted by Gasteiger charge is -2.35. The summed E-state index contributed by atoms with van der Waals surface area (Å²) in [6.07, 6.45) is -10.9. The van der Waals surface area contributed by atoms with Crippen molar-refractivity contribution >= 4 is 11.8 Å². The van der Waals surface area contributed by atoms with E-state index in [0.717, 1.165) is 22.9 Å². The van der Waals surface area contributed by atoms with Crippen molar-refractivity contribution < 1.29 is 58.1 Å². The number of ether oxygens (including phenoxy) is 7. The molecule has 1 saturated heterocycles. The van der Waals surface area contributed by atoms with Crippen LogP contribution in [0.4, 0.5) is 0 Å². The Balaban J connectivity index is 1.50. The van der Waals surface area contributed by atoms with E-state index in [1.54, 1.807) is 12.1 Å². The van der Waals surface area contributed by atoms with Gasteiger partial charge in [-0.3, -0.25) is 23.9 Å². The molecule has 2 aliphatic heterocycles. The standard InChI is InChI=1S/C27H34N4O14/c1-39-13-7-11(8-14(40-2)19(13)41-3)10-29-24(37)15-9-12(32)17(34)26(43-15)45-22(23(28)36)21-20(42-4)18(35)25(44-21)31-6-5-16(33)30-27(31)38/h5-9,12,17-18,20-22,25-26,32,34-35H,10H2,1-4H3,(H2,28,36)(H,29,37)(H,30,33,38)/t12-,17-,18+,20-,21-,22+,25+,26+/m0/s1. The van der Waals surface area contributed by atoms with E-state index in [4.69, 9.17) is 38.9 Å². The molecule has 7 N–H and O–H groups in total. The van der Waals surface area contributed by atoms with E-state index in [-0.39, 0.29) is 6.54 Å². The minimum atomic E-state index is -1.84. The van der Waals surface area contributed by atoms with Gasteiger partial charge in [0.15, 0.2) is 29.6 Å². The Hall–Kier alpha value is -4.46. The van der Waals surface area contributed by atoms with Crippen LogP contribution in [-0.2, 0) is 35.1 Å². The van der Waals surface area contributed by atoms with Crippen LogP contribution in [0.1, 0.15) is 11.8 Å². The molecule has 18 nitrogen and oxygen atoms in total. The second-order valence-corrected chi connectivity index (χ2v) is 9.87. The third-order valence-electron chi connectivity index (χ3n) is 7.10. The van der Waals surface area contributed by atoms with Crippen LogP contribution in [0, 0.1) is 0 Å². The number of nitrogens with two attached hydrogens (primary N) is 1. The fourth-order valence-corrected chi connectivity index (χ4v) is 4.89. The number of aromatic nitrogens is 2. The van der Waals surface area contributed by atoms with Crippen LogP contribution < -0.4 is 36.5 Å². The Morgan fingerprint density at radius 1 is 1.07 bits per heavy atom. The lowest BCUT2D eigenvalue weighted by atomic mass is 10.0. The molecule has 0 bridgehead atoms. The Morgan fingerprint density at radius 3 is 2.29 bits per heavy atom. The predicted molar refractivity (Wildman–Crippen MR) is 149 cm³/mol. The molecule has 3 heterocycles. The van der Waals surface area contributed by atoms with Gasteiger partial charge in [0.1, 0.15) is 30.5 Å². The van der Waals surface area contributed by atoms with Gasteiger partial charge in [0, 0.05) is 25.9 Å². The number of primary amides is 1. The molecule has 1 fully saturated rings. The smallest absolute Gasteiger partial charge is 0.330 e. The largest absolute Gasteiger partial charge is 0.493 e. The summed E-state index contributed by atoms with van der Waals surface area (Å²) in [6, 6.07) is 4.23. The van der Waals surface area contributed by atoms with Crippen molar-refractivity contribution in [2.75, 3.05) is 28.4 Å². The predicted octanol–water partition coefficient (Wildman–Crippen LogP) is -3.02. The number of aliphatic hydroxyl groups excluding tert-OH is 3. The molecule has 2 aliphatic rings. The van der Waals surface area contributed by atoms with Crippen molar-refractivity contribution in [3.63, 3.8) is 0 Å². The van der Waals surface area contributed by atoms with Crippen molar-refractivity contribution in [1.29, 1.82) is 0 Å². The Morgan fingerprint density at radius 2 is 1.73 bits per heavy atom. The fraction of sp³-hybridized carbons (Fsp3) is 0.481. The average Bonchev–Trinajstić information content (AvgIpc) is 3.34. The highest BCUT2D eigenvalue weighted by Crippen LogP contribution is 2.38. The number of hydrogen-bond donors (Lipinski definition) is 6. The molecule has 0 unspecified atom stereocenters.